The fourth-order valence-electron chi connectivity index (χ4n) is 3.09. The summed E-state index contributed by atoms with van der Waals surface area (Å²) >= 11 is 5.88. The summed E-state index contributed by atoms with van der Waals surface area (Å²) in [7, 11) is 0. The van der Waals surface area contributed by atoms with Crippen LogP contribution in [0.3, 0.4) is 0 Å². The first-order valence-electron chi connectivity index (χ1n) is 8.92. The molecule has 0 N–H and O–H groups in total. The van der Waals surface area contributed by atoms with Crippen molar-refractivity contribution in [2.75, 3.05) is 26.3 Å². The fourth-order valence-corrected chi connectivity index (χ4v) is 3.22. The summed E-state index contributed by atoms with van der Waals surface area (Å²) in [6.45, 7) is 2.34. The van der Waals surface area contributed by atoms with Gasteiger partial charge in [-0.15, -0.1) is 0 Å². The van der Waals surface area contributed by atoms with Crippen molar-refractivity contribution < 1.29 is 18.7 Å². The molecule has 1 aliphatic rings. The lowest BCUT2D eigenvalue weighted by Crippen LogP contribution is -2.41. The van der Waals surface area contributed by atoms with Crippen molar-refractivity contribution in [1.82, 2.24) is 4.90 Å². The summed E-state index contributed by atoms with van der Waals surface area (Å²) < 4.78 is 16.4. The van der Waals surface area contributed by atoms with E-state index in [1.807, 2.05) is 12.1 Å². The molecule has 2 heterocycles. The molecular formula is C21H18ClNO5. The lowest BCUT2D eigenvalue weighted by atomic mass is 10.1. The minimum absolute atomic E-state index is 0.198. The average Bonchev–Trinajstić information content (AvgIpc) is 2.72. The number of rotatable bonds is 4. The predicted octanol–water partition coefficient (Wildman–Crippen LogP) is 3.50. The smallest absolute Gasteiger partial charge is 0.337 e. The van der Waals surface area contributed by atoms with Crippen LogP contribution in [0.25, 0.3) is 11.0 Å². The Balaban J connectivity index is 1.60. The molecule has 4 rings (SSSR count). The van der Waals surface area contributed by atoms with Crippen molar-refractivity contribution in [2.45, 2.75) is 6.61 Å². The maximum absolute atomic E-state index is 12.8. The number of morpholine rings is 1. The number of hydrogen-bond donors (Lipinski definition) is 0. The second kappa shape index (κ2) is 8.04. The molecule has 28 heavy (non-hydrogen) atoms. The Kier molecular flexibility index (Phi) is 5.32. The molecule has 0 unspecified atom stereocenters. The van der Waals surface area contributed by atoms with E-state index in [9.17, 15) is 9.59 Å². The highest BCUT2D eigenvalue weighted by Gasteiger charge is 2.22. The Bertz CT molecular complexity index is 1050. The zero-order valence-electron chi connectivity index (χ0n) is 15.0. The van der Waals surface area contributed by atoms with Gasteiger partial charge in [0.05, 0.1) is 18.8 Å². The Labute approximate surface area is 166 Å². The first-order chi connectivity index (χ1) is 13.6. The topological polar surface area (TPSA) is 69.0 Å². The molecule has 2 aromatic carbocycles. The van der Waals surface area contributed by atoms with E-state index in [0.717, 1.165) is 5.56 Å². The van der Waals surface area contributed by atoms with Gasteiger partial charge in [-0.05, 0) is 29.8 Å². The third-order valence-corrected chi connectivity index (χ3v) is 4.82. The molecule has 144 valence electrons. The number of carbonyl (C=O) groups excluding carboxylic acids is 1. The number of ether oxygens (including phenoxy) is 2. The van der Waals surface area contributed by atoms with Crippen molar-refractivity contribution in [3.63, 3.8) is 0 Å². The normalized spacial score (nSPS) is 14.2. The maximum atomic E-state index is 12.8. The van der Waals surface area contributed by atoms with E-state index in [-0.39, 0.29) is 5.91 Å². The summed E-state index contributed by atoms with van der Waals surface area (Å²) in [5, 5.41) is 1.24. The fraction of sp³-hybridized carbons (Fsp3) is 0.238. The van der Waals surface area contributed by atoms with Gasteiger partial charge < -0.3 is 18.8 Å². The molecule has 1 saturated heterocycles. The van der Waals surface area contributed by atoms with E-state index < -0.39 is 5.63 Å². The highest BCUT2D eigenvalue weighted by Crippen LogP contribution is 2.24. The Morgan fingerprint density at radius 2 is 1.82 bits per heavy atom. The standard InChI is InChI=1S/C21H18ClNO5/c22-15-3-1-14(2-4-15)13-27-16-5-6-17-18(12-20(24)28-19(17)11-16)21(25)23-7-9-26-10-8-23/h1-6,11-12H,7-10,13H2. The van der Waals surface area contributed by atoms with Crippen molar-refractivity contribution in [3.8, 4) is 5.75 Å². The molecule has 7 heteroatoms. The number of hydrogen-bond acceptors (Lipinski definition) is 5. The summed E-state index contributed by atoms with van der Waals surface area (Å²) in [5.74, 6) is 0.345. The second-order valence-electron chi connectivity index (χ2n) is 6.46. The van der Waals surface area contributed by atoms with Crippen molar-refractivity contribution in [1.29, 1.82) is 0 Å². The van der Waals surface area contributed by atoms with Gasteiger partial charge in [-0.1, -0.05) is 23.7 Å². The monoisotopic (exact) mass is 399 g/mol. The minimum atomic E-state index is -0.570. The average molecular weight is 400 g/mol. The van der Waals surface area contributed by atoms with Crippen LogP contribution in [0.1, 0.15) is 15.9 Å². The van der Waals surface area contributed by atoms with Crippen molar-refractivity contribution >= 4 is 28.5 Å². The molecular weight excluding hydrogens is 382 g/mol. The maximum Gasteiger partial charge on any atom is 0.337 e. The molecule has 0 spiro atoms. The van der Waals surface area contributed by atoms with Crippen LogP contribution >= 0.6 is 11.6 Å². The lowest BCUT2D eigenvalue weighted by Gasteiger charge is -2.27. The number of amides is 1. The highest BCUT2D eigenvalue weighted by atomic mass is 35.5. The van der Waals surface area contributed by atoms with Crippen LogP contribution < -0.4 is 10.4 Å². The van der Waals surface area contributed by atoms with Gasteiger partial charge in [-0.25, -0.2) is 4.79 Å². The van der Waals surface area contributed by atoms with Crippen LogP contribution in [0.2, 0.25) is 5.02 Å². The summed E-state index contributed by atoms with van der Waals surface area (Å²) in [6.07, 6.45) is 0. The van der Waals surface area contributed by atoms with Crippen LogP contribution in [-0.2, 0) is 11.3 Å². The summed E-state index contributed by atoms with van der Waals surface area (Å²) in [5.41, 5.74) is 1.04. The minimum Gasteiger partial charge on any atom is -0.489 e. The first-order valence-corrected chi connectivity index (χ1v) is 9.30. The van der Waals surface area contributed by atoms with Gasteiger partial charge in [0.25, 0.3) is 5.91 Å². The summed E-state index contributed by atoms with van der Waals surface area (Å²) in [6, 6.07) is 13.7. The van der Waals surface area contributed by atoms with E-state index in [1.165, 1.54) is 6.07 Å². The molecule has 1 amide bonds. The van der Waals surface area contributed by atoms with Gasteiger partial charge in [-0.3, -0.25) is 4.79 Å². The van der Waals surface area contributed by atoms with Crippen LogP contribution in [0.5, 0.6) is 5.75 Å². The van der Waals surface area contributed by atoms with Gasteiger partial charge in [0.15, 0.2) is 0 Å². The largest absolute Gasteiger partial charge is 0.489 e. The first kappa shape index (κ1) is 18.5. The SMILES string of the molecule is O=C(c1cc(=O)oc2cc(OCc3ccc(Cl)cc3)ccc12)N1CCOCC1. The molecule has 0 aliphatic carbocycles. The van der Waals surface area contributed by atoms with Crippen LogP contribution in [0.15, 0.2) is 57.7 Å². The van der Waals surface area contributed by atoms with Crippen molar-refractivity contribution in [2.24, 2.45) is 0 Å². The molecule has 0 saturated carbocycles. The molecule has 6 nitrogen and oxygen atoms in total. The molecule has 0 atom stereocenters. The van der Waals surface area contributed by atoms with Crippen molar-refractivity contribution in [3.05, 3.63) is 75.1 Å². The van der Waals surface area contributed by atoms with Gasteiger partial charge in [0.2, 0.25) is 0 Å². The number of carbonyl (C=O) groups is 1. The van der Waals surface area contributed by atoms with Gasteiger partial charge in [-0.2, -0.15) is 0 Å². The van der Waals surface area contributed by atoms with E-state index in [1.54, 1.807) is 35.2 Å². The van der Waals surface area contributed by atoms with E-state index in [0.29, 0.717) is 60.2 Å². The highest BCUT2D eigenvalue weighted by molar-refractivity contribution is 6.30. The second-order valence-corrected chi connectivity index (χ2v) is 6.89. The molecule has 1 fully saturated rings. The molecule has 0 radical (unpaired) electrons. The van der Waals surface area contributed by atoms with Gasteiger partial charge in [0, 0.05) is 35.6 Å². The molecule has 0 bridgehead atoms. The molecule has 3 aromatic rings. The van der Waals surface area contributed by atoms with Crippen LogP contribution in [0.4, 0.5) is 0 Å². The van der Waals surface area contributed by atoms with E-state index in [4.69, 9.17) is 25.5 Å². The molecule has 1 aliphatic heterocycles. The number of fused-ring (bicyclic) bond motifs is 1. The van der Waals surface area contributed by atoms with Gasteiger partial charge in [0.1, 0.15) is 17.9 Å². The zero-order valence-corrected chi connectivity index (χ0v) is 15.8. The summed E-state index contributed by atoms with van der Waals surface area (Å²) in [4.78, 5) is 26.5. The third-order valence-electron chi connectivity index (χ3n) is 4.56. The predicted molar refractivity (Wildman–Crippen MR) is 105 cm³/mol. The lowest BCUT2D eigenvalue weighted by molar-refractivity contribution is 0.0304. The van der Waals surface area contributed by atoms with E-state index in [2.05, 4.69) is 0 Å². The number of halogens is 1. The van der Waals surface area contributed by atoms with E-state index >= 15 is 0 Å². The number of benzene rings is 2. The number of nitrogens with zero attached hydrogens (tertiary/aromatic N) is 1. The Morgan fingerprint density at radius 3 is 2.57 bits per heavy atom. The van der Waals surface area contributed by atoms with Gasteiger partial charge >= 0.3 is 5.63 Å². The molecule has 1 aromatic heterocycles. The Morgan fingerprint density at radius 1 is 1.07 bits per heavy atom. The van der Waals surface area contributed by atoms with Crippen LogP contribution in [-0.4, -0.2) is 37.1 Å². The quantitative estimate of drug-likeness (QED) is 0.628. The Hall–Kier alpha value is -2.83. The third kappa shape index (κ3) is 4.03. The van der Waals surface area contributed by atoms with Crippen LogP contribution in [0, 0.1) is 0 Å². The zero-order chi connectivity index (χ0) is 19.5.